The van der Waals surface area contributed by atoms with Gasteiger partial charge in [-0.3, -0.25) is 10.2 Å². The second-order valence-corrected chi connectivity index (χ2v) is 4.36. The molecular weight excluding hydrogens is 288 g/mol. The summed E-state index contributed by atoms with van der Waals surface area (Å²) in [7, 11) is 0. The van der Waals surface area contributed by atoms with E-state index in [9.17, 15) is 4.79 Å². The predicted molar refractivity (Wildman–Crippen MR) is 104 cm³/mol. The molecule has 140 valence electrons. The Balaban J connectivity index is -0.000000222. The number of aliphatic hydroxyl groups excluding tert-OH is 1. The highest BCUT2D eigenvalue weighted by molar-refractivity contribution is 5.75. The van der Waals surface area contributed by atoms with Gasteiger partial charge in [0.15, 0.2) is 0 Å². The zero-order valence-electron chi connectivity index (χ0n) is 16.5. The lowest BCUT2D eigenvalue weighted by atomic mass is 10.1. The lowest BCUT2D eigenvalue weighted by molar-refractivity contribution is -0.122. The molecule has 0 aromatic rings. The van der Waals surface area contributed by atoms with Gasteiger partial charge in [0.05, 0.1) is 6.26 Å². The molecule has 0 saturated heterocycles. The first-order valence-electron chi connectivity index (χ1n) is 9.05. The second kappa shape index (κ2) is 32.6. The number of rotatable bonds is 10. The molecule has 0 atom stereocenters. The molecule has 4 nitrogen and oxygen atoms in total. The Morgan fingerprint density at radius 3 is 1.91 bits per heavy atom. The van der Waals surface area contributed by atoms with Crippen LogP contribution in [-0.4, -0.2) is 17.6 Å². The molecule has 0 rings (SSSR count). The number of amides is 1. The van der Waals surface area contributed by atoms with Gasteiger partial charge in [-0.05, 0) is 25.7 Å². The van der Waals surface area contributed by atoms with Crippen molar-refractivity contribution in [1.29, 1.82) is 0 Å². The summed E-state index contributed by atoms with van der Waals surface area (Å²) in [4.78, 5) is 11.4. The zero-order valence-corrected chi connectivity index (χ0v) is 16.5. The molecular formula is C19H42N2O2. The number of hydrogen-bond acceptors (Lipinski definition) is 3. The minimum Gasteiger partial charge on any atom is -0.516 e. The molecule has 0 spiro atoms. The van der Waals surface area contributed by atoms with E-state index in [1.807, 2.05) is 27.7 Å². The molecule has 0 aliphatic heterocycles. The van der Waals surface area contributed by atoms with Crippen LogP contribution in [-0.2, 0) is 4.79 Å². The molecule has 0 aliphatic carbocycles. The second-order valence-electron chi connectivity index (χ2n) is 4.36. The SMILES string of the molecule is C=C(CCCC)CCC(=O)NNCCCC.C=CO.CC.CC. The van der Waals surface area contributed by atoms with Gasteiger partial charge in [0.25, 0.3) is 0 Å². The van der Waals surface area contributed by atoms with E-state index in [4.69, 9.17) is 5.11 Å². The highest BCUT2D eigenvalue weighted by Crippen LogP contribution is 2.10. The van der Waals surface area contributed by atoms with Gasteiger partial charge in [0.2, 0.25) is 5.91 Å². The Bertz CT molecular complexity index is 242. The summed E-state index contributed by atoms with van der Waals surface area (Å²) < 4.78 is 0. The number of unbranched alkanes of at least 4 members (excludes halogenated alkanes) is 2. The molecule has 0 aliphatic rings. The fraction of sp³-hybridized carbons (Fsp3) is 0.737. The van der Waals surface area contributed by atoms with Crippen molar-refractivity contribution in [1.82, 2.24) is 10.9 Å². The summed E-state index contributed by atoms with van der Waals surface area (Å²) in [5.41, 5.74) is 6.81. The monoisotopic (exact) mass is 330 g/mol. The number of allylic oxidation sites excluding steroid dienone is 1. The molecule has 23 heavy (non-hydrogen) atoms. The quantitative estimate of drug-likeness (QED) is 0.209. The molecule has 0 aromatic heterocycles. The average Bonchev–Trinajstić information content (AvgIpc) is 2.59. The Morgan fingerprint density at radius 1 is 1.00 bits per heavy atom. The van der Waals surface area contributed by atoms with E-state index in [-0.39, 0.29) is 5.91 Å². The third-order valence-corrected chi connectivity index (χ3v) is 2.47. The van der Waals surface area contributed by atoms with Gasteiger partial charge in [-0.2, -0.15) is 0 Å². The van der Waals surface area contributed by atoms with Gasteiger partial charge in [-0.1, -0.05) is 73.1 Å². The summed E-state index contributed by atoms with van der Waals surface area (Å²) >= 11 is 0. The van der Waals surface area contributed by atoms with Crippen LogP contribution in [0, 0.1) is 0 Å². The lowest BCUT2D eigenvalue weighted by Gasteiger charge is -2.07. The van der Waals surface area contributed by atoms with E-state index in [2.05, 4.69) is 37.9 Å². The number of carbonyl (C=O) groups excluding carboxylic acids is 1. The van der Waals surface area contributed by atoms with Crippen LogP contribution in [0.15, 0.2) is 25.0 Å². The van der Waals surface area contributed by atoms with E-state index in [0.717, 1.165) is 38.5 Å². The standard InChI is InChI=1S/C13H26N2O.C2H4O.2C2H6/c1-4-6-8-12(3)9-10-13(16)15-14-11-7-5-2;1-2-3;2*1-2/h14H,3-11H2,1-2H3,(H,15,16);2-3H,1H2;2*1-2H3. The molecule has 0 aromatic carbocycles. The summed E-state index contributed by atoms with van der Waals surface area (Å²) in [6, 6.07) is 0. The predicted octanol–water partition coefficient (Wildman–Crippen LogP) is 5.67. The molecule has 0 saturated carbocycles. The maximum atomic E-state index is 11.4. The van der Waals surface area contributed by atoms with Crippen molar-refractivity contribution in [2.24, 2.45) is 0 Å². The van der Waals surface area contributed by atoms with E-state index in [1.165, 1.54) is 18.4 Å². The Labute approximate surface area is 145 Å². The van der Waals surface area contributed by atoms with Crippen molar-refractivity contribution >= 4 is 5.91 Å². The fourth-order valence-corrected chi connectivity index (χ4v) is 1.33. The molecule has 0 radical (unpaired) electrons. The van der Waals surface area contributed by atoms with Crippen molar-refractivity contribution in [2.45, 2.75) is 86.5 Å². The highest BCUT2D eigenvalue weighted by Gasteiger charge is 2.01. The first kappa shape index (κ1) is 29.7. The minimum absolute atomic E-state index is 0.0637. The van der Waals surface area contributed by atoms with Crippen LogP contribution < -0.4 is 10.9 Å². The molecule has 3 N–H and O–H groups in total. The maximum absolute atomic E-state index is 11.4. The first-order chi connectivity index (χ1) is 11.1. The number of carbonyl (C=O) groups is 1. The van der Waals surface area contributed by atoms with Gasteiger partial charge in [-0.25, -0.2) is 5.43 Å². The average molecular weight is 331 g/mol. The summed E-state index contributed by atoms with van der Waals surface area (Å²) in [6.45, 7) is 20.0. The normalized spacial score (nSPS) is 8.09. The number of hydrazine groups is 1. The molecule has 0 unspecified atom stereocenters. The zero-order chi connectivity index (χ0) is 18.9. The van der Waals surface area contributed by atoms with Gasteiger partial charge >= 0.3 is 0 Å². The largest absolute Gasteiger partial charge is 0.516 e. The van der Waals surface area contributed by atoms with Crippen molar-refractivity contribution < 1.29 is 9.90 Å². The van der Waals surface area contributed by atoms with Crippen LogP contribution in [0.5, 0.6) is 0 Å². The van der Waals surface area contributed by atoms with Crippen LogP contribution in [0.2, 0.25) is 0 Å². The lowest BCUT2D eigenvalue weighted by Crippen LogP contribution is -2.37. The maximum Gasteiger partial charge on any atom is 0.234 e. The van der Waals surface area contributed by atoms with Crippen LogP contribution >= 0.6 is 0 Å². The van der Waals surface area contributed by atoms with Crippen LogP contribution in [0.3, 0.4) is 0 Å². The number of nitrogens with one attached hydrogen (secondary N) is 2. The van der Waals surface area contributed by atoms with Gasteiger partial charge in [-0.15, -0.1) is 0 Å². The Morgan fingerprint density at radius 2 is 1.48 bits per heavy atom. The topological polar surface area (TPSA) is 61.4 Å². The van der Waals surface area contributed by atoms with Crippen molar-refractivity contribution in [2.75, 3.05) is 6.54 Å². The summed E-state index contributed by atoms with van der Waals surface area (Å²) in [5, 5.41) is 7.33. The van der Waals surface area contributed by atoms with E-state index < -0.39 is 0 Å². The Hall–Kier alpha value is -1.29. The molecule has 4 heteroatoms. The highest BCUT2D eigenvalue weighted by atomic mass is 16.2. The van der Waals surface area contributed by atoms with Crippen molar-refractivity contribution in [3.8, 4) is 0 Å². The summed E-state index contributed by atoms with van der Waals surface area (Å²) in [6.07, 6.45) is 7.73. The van der Waals surface area contributed by atoms with E-state index in [1.54, 1.807) is 0 Å². The molecule has 1 amide bonds. The Kier molecular flexibility index (Phi) is 42.1. The molecule has 0 fully saturated rings. The third-order valence-electron chi connectivity index (χ3n) is 2.47. The minimum atomic E-state index is 0.0637. The fourth-order valence-electron chi connectivity index (χ4n) is 1.33. The smallest absolute Gasteiger partial charge is 0.234 e. The van der Waals surface area contributed by atoms with Gasteiger partial charge in [0, 0.05) is 13.0 Å². The van der Waals surface area contributed by atoms with Crippen molar-refractivity contribution in [3.63, 3.8) is 0 Å². The van der Waals surface area contributed by atoms with Crippen molar-refractivity contribution in [3.05, 3.63) is 25.0 Å². The van der Waals surface area contributed by atoms with Crippen LogP contribution in [0.25, 0.3) is 0 Å². The summed E-state index contributed by atoms with van der Waals surface area (Å²) in [5.74, 6) is 0.0637. The number of hydrogen-bond donors (Lipinski definition) is 3. The van der Waals surface area contributed by atoms with E-state index in [0.29, 0.717) is 6.42 Å². The van der Waals surface area contributed by atoms with Gasteiger partial charge in [0.1, 0.15) is 0 Å². The van der Waals surface area contributed by atoms with E-state index >= 15 is 0 Å². The van der Waals surface area contributed by atoms with Crippen LogP contribution in [0.1, 0.15) is 86.5 Å². The van der Waals surface area contributed by atoms with Crippen LogP contribution in [0.4, 0.5) is 0 Å². The third kappa shape index (κ3) is 38.6. The molecule has 0 heterocycles. The van der Waals surface area contributed by atoms with Gasteiger partial charge < -0.3 is 5.11 Å². The first-order valence-corrected chi connectivity index (χ1v) is 9.05. The molecule has 0 bridgehead atoms. The number of aliphatic hydroxyl groups is 1.